The van der Waals surface area contributed by atoms with Gasteiger partial charge in [0.15, 0.2) is 5.69 Å². The summed E-state index contributed by atoms with van der Waals surface area (Å²) in [6, 6.07) is 0. The van der Waals surface area contributed by atoms with Crippen molar-refractivity contribution in [2.45, 2.75) is 19.4 Å². The van der Waals surface area contributed by atoms with E-state index in [9.17, 15) is 14.7 Å². The third-order valence-electron chi connectivity index (χ3n) is 1.99. The maximum Gasteiger partial charge on any atom is 0.272 e. The van der Waals surface area contributed by atoms with Crippen LogP contribution >= 0.6 is 0 Å². The number of carbonyl (C=O) groups excluding carboxylic acids is 2. The second kappa shape index (κ2) is 4.54. The van der Waals surface area contributed by atoms with E-state index in [1.807, 2.05) is 0 Å². The highest BCUT2D eigenvalue weighted by atomic mass is 16.3. The summed E-state index contributed by atoms with van der Waals surface area (Å²) >= 11 is 0. The quantitative estimate of drug-likeness (QED) is 0.628. The lowest BCUT2D eigenvalue weighted by Crippen LogP contribution is -2.39. The van der Waals surface area contributed by atoms with Crippen LogP contribution in [0.2, 0.25) is 0 Å². The van der Waals surface area contributed by atoms with Crippen LogP contribution in [0.3, 0.4) is 0 Å². The summed E-state index contributed by atoms with van der Waals surface area (Å²) in [5, 5.41) is 15.8. The van der Waals surface area contributed by atoms with Gasteiger partial charge in [0.05, 0.1) is 11.2 Å². The van der Waals surface area contributed by atoms with Crippen molar-refractivity contribution < 1.29 is 14.7 Å². The lowest BCUT2D eigenvalue weighted by molar-refractivity contribution is 0.0690. The summed E-state index contributed by atoms with van der Waals surface area (Å²) < 4.78 is 1.33. The fourth-order valence-corrected chi connectivity index (χ4v) is 1.22. The lowest BCUT2D eigenvalue weighted by Gasteiger charge is -2.17. The van der Waals surface area contributed by atoms with Gasteiger partial charge >= 0.3 is 0 Å². The molecule has 0 aliphatic carbocycles. The van der Waals surface area contributed by atoms with E-state index >= 15 is 0 Å². The molecule has 7 heteroatoms. The topological polar surface area (TPSA) is 110 Å². The molecule has 94 valence electrons. The lowest BCUT2D eigenvalue weighted by atomic mass is 10.1. The van der Waals surface area contributed by atoms with Gasteiger partial charge in [-0.05, 0) is 13.8 Å². The van der Waals surface area contributed by atoms with Crippen molar-refractivity contribution in [3.63, 3.8) is 0 Å². The van der Waals surface area contributed by atoms with E-state index in [-0.39, 0.29) is 17.8 Å². The molecule has 1 rings (SSSR count). The second-order valence-corrected chi connectivity index (χ2v) is 4.42. The van der Waals surface area contributed by atoms with Crippen molar-refractivity contribution in [3.05, 3.63) is 17.5 Å². The third kappa shape index (κ3) is 3.56. The molecular weight excluding hydrogens is 224 g/mol. The van der Waals surface area contributed by atoms with Crippen LogP contribution < -0.4 is 11.1 Å². The number of nitrogens with two attached hydrogens (primary N) is 1. The van der Waals surface area contributed by atoms with E-state index in [1.54, 1.807) is 20.9 Å². The monoisotopic (exact) mass is 240 g/mol. The van der Waals surface area contributed by atoms with E-state index in [0.717, 1.165) is 0 Å². The van der Waals surface area contributed by atoms with Crippen LogP contribution in [0.1, 0.15) is 34.7 Å². The van der Waals surface area contributed by atoms with Crippen LogP contribution in [0.25, 0.3) is 0 Å². The molecule has 0 radical (unpaired) electrons. The van der Waals surface area contributed by atoms with Crippen molar-refractivity contribution in [2.75, 3.05) is 6.54 Å². The van der Waals surface area contributed by atoms with Crippen molar-refractivity contribution in [2.24, 2.45) is 12.8 Å². The minimum atomic E-state index is -1.03. The average molecular weight is 240 g/mol. The Morgan fingerprint density at radius 2 is 2.18 bits per heavy atom. The van der Waals surface area contributed by atoms with Crippen molar-refractivity contribution in [3.8, 4) is 0 Å². The van der Waals surface area contributed by atoms with Gasteiger partial charge in [-0.15, -0.1) is 0 Å². The second-order valence-electron chi connectivity index (χ2n) is 4.42. The Hall–Kier alpha value is -1.89. The molecule has 7 nitrogen and oxygen atoms in total. The molecule has 0 bridgehead atoms. The minimum Gasteiger partial charge on any atom is -0.389 e. The van der Waals surface area contributed by atoms with E-state index in [0.29, 0.717) is 0 Å². The molecule has 0 saturated heterocycles. The summed E-state index contributed by atoms with van der Waals surface area (Å²) in [5.74, 6) is -1.26. The molecule has 0 saturated carbocycles. The number of hydrogen-bond donors (Lipinski definition) is 3. The molecule has 1 heterocycles. The molecular formula is C10H16N4O3. The molecule has 1 aromatic rings. The standard InChI is InChI=1S/C10H16N4O3/c1-10(2,17)5-12-9(16)7-6(8(11)15)4-14(3)13-7/h4,17H,5H2,1-3H3,(H2,11,15)(H,12,16). The number of nitrogens with one attached hydrogen (secondary N) is 1. The molecule has 0 spiro atoms. The molecule has 0 aliphatic heterocycles. The number of aromatic nitrogens is 2. The maximum atomic E-state index is 11.7. The maximum absolute atomic E-state index is 11.7. The summed E-state index contributed by atoms with van der Waals surface area (Å²) in [4.78, 5) is 22.8. The van der Waals surface area contributed by atoms with E-state index in [2.05, 4.69) is 10.4 Å². The zero-order chi connectivity index (χ0) is 13.2. The van der Waals surface area contributed by atoms with Crippen LogP contribution in [0.15, 0.2) is 6.20 Å². The Bertz CT molecular complexity index is 445. The molecule has 4 N–H and O–H groups in total. The molecule has 0 aliphatic rings. The fraction of sp³-hybridized carbons (Fsp3) is 0.500. The van der Waals surface area contributed by atoms with Crippen LogP contribution in [-0.2, 0) is 7.05 Å². The summed E-state index contributed by atoms with van der Waals surface area (Å²) in [7, 11) is 1.58. The first kappa shape index (κ1) is 13.2. The largest absolute Gasteiger partial charge is 0.389 e. The summed E-state index contributed by atoms with van der Waals surface area (Å²) in [6.07, 6.45) is 1.38. The molecule has 17 heavy (non-hydrogen) atoms. The fourth-order valence-electron chi connectivity index (χ4n) is 1.22. The molecule has 0 aromatic carbocycles. The smallest absolute Gasteiger partial charge is 0.272 e. The summed E-state index contributed by atoms with van der Waals surface area (Å²) in [6.45, 7) is 3.17. The van der Waals surface area contributed by atoms with Crippen molar-refractivity contribution in [1.29, 1.82) is 0 Å². The predicted octanol–water partition coefficient (Wildman–Crippen LogP) is -0.980. The van der Waals surface area contributed by atoms with Crippen LogP contribution in [0.5, 0.6) is 0 Å². The van der Waals surface area contributed by atoms with Gasteiger partial charge in [0, 0.05) is 19.8 Å². The van der Waals surface area contributed by atoms with Gasteiger partial charge in [0.2, 0.25) is 0 Å². The van der Waals surface area contributed by atoms with Gasteiger partial charge in [-0.25, -0.2) is 0 Å². The Labute approximate surface area is 98.6 Å². The van der Waals surface area contributed by atoms with Crippen molar-refractivity contribution >= 4 is 11.8 Å². The number of aryl methyl sites for hydroxylation is 1. The van der Waals surface area contributed by atoms with Gasteiger partial charge in [-0.3, -0.25) is 14.3 Å². The van der Waals surface area contributed by atoms with E-state index in [4.69, 9.17) is 5.73 Å². The first-order valence-corrected chi connectivity index (χ1v) is 5.05. The van der Waals surface area contributed by atoms with Crippen LogP contribution in [0, 0.1) is 0 Å². The van der Waals surface area contributed by atoms with Gasteiger partial charge in [-0.1, -0.05) is 0 Å². The van der Waals surface area contributed by atoms with Gasteiger partial charge in [-0.2, -0.15) is 5.10 Å². The average Bonchev–Trinajstić information content (AvgIpc) is 2.55. The number of rotatable bonds is 4. The zero-order valence-corrected chi connectivity index (χ0v) is 10.0. The molecule has 0 atom stereocenters. The zero-order valence-electron chi connectivity index (χ0n) is 10.0. The minimum absolute atomic E-state index is 0.0377. The highest BCUT2D eigenvalue weighted by Gasteiger charge is 2.21. The third-order valence-corrected chi connectivity index (χ3v) is 1.99. The highest BCUT2D eigenvalue weighted by Crippen LogP contribution is 2.06. The first-order valence-electron chi connectivity index (χ1n) is 5.05. The Balaban J connectivity index is 2.85. The Morgan fingerprint density at radius 3 is 2.65 bits per heavy atom. The molecule has 2 amide bonds. The van der Waals surface area contributed by atoms with Gasteiger partial charge in [0.1, 0.15) is 0 Å². The normalized spacial score (nSPS) is 11.3. The number of nitrogens with zero attached hydrogens (tertiary/aromatic N) is 2. The summed E-state index contributed by atoms with van der Waals surface area (Å²) in [5.41, 5.74) is 4.11. The van der Waals surface area contributed by atoms with Crippen LogP contribution in [-0.4, -0.2) is 38.8 Å². The number of aliphatic hydroxyl groups is 1. The van der Waals surface area contributed by atoms with Crippen molar-refractivity contribution in [1.82, 2.24) is 15.1 Å². The Morgan fingerprint density at radius 1 is 1.59 bits per heavy atom. The highest BCUT2D eigenvalue weighted by molar-refractivity contribution is 6.05. The van der Waals surface area contributed by atoms with E-state index < -0.39 is 17.4 Å². The predicted molar refractivity (Wildman–Crippen MR) is 60.4 cm³/mol. The number of carbonyl (C=O) groups is 2. The first-order chi connectivity index (χ1) is 7.70. The molecule has 0 fully saturated rings. The van der Waals surface area contributed by atoms with E-state index in [1.165, 1.54) is 10.9 Å². The number of amides is 2. The Kier molecular flexibility index (Phi) is 3.52. The van der Waals surface area contributed by atoms with Gasteiger partial charge in [0.25, 0.3) is 11.8 Å². The van der Waals surface area contributed by atoms with Gasteiger partial charge < -0.3 is 16.2 Å². The number of hydrogen-bond acceptors (Lipinski definition) is 4. The van der Waals surface area contributed by atoms with Crippen LogP contribution in [0.4, 0.5) is 0 Å². The SMILES string of the molecule is Cn1cc(C(N)=O)c(C(=O)NCC(C)(C)O)n1. The number of primary amides is 1. The molecule has 1 aromatic heterocycles. The molecule has 0 unspecified atom stereocenters.